The summed E-state index contributed by atoms with van der Waals surface area (Å²) in [4.78, 5) is 19.1. The van der Waals surface area contributed by atoms with Crippen LogP contribution in [0.25, 0.3) is 0 Å². The van der Waals surface area contributed by atoms with Crippen LogP contribution in [0.15, 0.2) is 18.3 Å². The van der Waals surface area contributed by atoms with Crippen LogP contribution >= 0.6 is 0 Å². The molecule has 0 aliphatic rings. The van der Waals surface area contributed by atoms with Gasteiger partial charge in [-0.25, -0.2) is 4.98 Å². The minimum atomic E-state index is -0.601. The van der Waals surface area contributed by atoms with Gasteiger partial charge in [-0.15, -0.1) is 0 Å². The number of amides is 1. The number of hydrogen-bond acceptors (Lipinski definition) is 4. The summed E-state index contributed by atoms with van der Waals surface area (Å²) < 4.78 is 0. The molecule has 17 heavy (non-hydrogen) atoms. The van der Waals surface area contributed by atoms with E-state index in [1.165, 1.54) is 4.90 Å². The zero-order valence-electron chi connectivity index (χ0n) is 10.7. The maximum Gasteiger partial charge on any atom is 0.241 e. The molecule has 5 heteroatoms. The van der Waals surface area contributed by atoms with Crippen LogP contribution in [0, 0.1) is 0 Å². The fourth-order valence-electron chi connectivity index (χ4n) is 1.47. The summed E-state index contributed by atoms with van der Waals surface area (Å²) >= 11 is 0. The highest BCUT2D eigenvalue weighted by Gasteiger charge is 2.15. The number of pyridine rings is 1. The van der Waals surface area contributed by atoms with Crippen molar-refractivity contribution in [1.82, 2.24) is 9.88 Å². The number of likely N-dealkylation sites (N-methyl/N-ethyl adjacent to an activating group) is 2. The lowest BCUT2D eigenvalue weighted by atomic mass is 10.1. The number of carbonyl (C=O) groups excluding carboxylic acids is 1. The second kappa shape index (κ2) is 5.63. The van der Waals surface area contributed by atoms with Crippen LogP contribution < -0.4 is 4.90 Å². The Kier molecular flexibility index (Phi) is 4.45. The summed E-state index contributed by atoms with van der Waals surface area (Å²) in [7, 11) is 5.21. The molecular weight excluding hydrogens is 218 g/mol. The number of aliphatic hydroxyl groups is 1. The van der Waals surface area contributed by atoms with Crippen molar-refractivity contribution in [2.75, 3.05) is 32.6 Å². The van der Waals surface area contributed by atoms with Gasteiger partial charge >= 0.3 is 0 Å². The Morgan fingerprint density at radius 2 is 2.12 bits per heavy atom. The quantitative estimate of drug-likeness (QED) is 0.835. The van der Waals surface area contributed by atoms with Crippen LogP contribution in [0.4, 0.5) is 5.82 Å². The van der Waals surface area contributed by atoms with Gasteiger partial charge in [0.25, 0.3) is 0 Å². The molecule has 1 amide bonds. The molecular formula is C12H19N3O2. The molecule has 0 saturated carbocycles. The zero-order chi connectivity index (χ0) is 13.0. The topological polar surface area (TPSA) is 56.7 Å². The predicted molar refractivity (Wildman–Crippen MR) is 66.8 cm³/mol. The van der Waals surface area contributed by atoms with Crippen LogP contribution in [0.2, 0.25) is 0 Å². The van der Waals surface area contributed by atoms with Crippen molar-refractivity contribution in [1.29, 1.82) is 0 Å². The lowest BCUT2D eigenvalue weighted by Gasteiger charge is -2.23. The molecule has 1 atom stereocenters. The Balaban J connectivity index is 2.88. The normalized spacial score (nSPS) is 12.1. The molecule has 0 fully saturated rings. The summed E-state index contributed by atoms with van der Waals surface area (Å²) in [5.74, 6) is 0.632. The van der Waals surface area contributed by atoms with E-state index < -0.39 is 6.10 Å². The van der Waals surface area contributed by atoms with Crippen LogP contribution in [0.3, 0.4) is 0 Å². The molecule has 5 nitrogen and oxygen atoms in total. The monoisotopic (exact) mass is 237 g/mol. The maximum atomic E-state index is 11.6. The van der Waals surface area contributed by atoms with Gasteiger partial charge in [0.1, 0.15) is 5.82 Å². The third kappa shape index (κ3) is 3.42. The highest BCUT2D eigenvalue weighted by atomic mass is 16.3. The molecule has 1 heterocycles. The largest absolute Gasteiger partial charge is 0.389 e. The van der Waals surface area contributed by atoms with Gasteiger partial charge in [-0.05, 0) is 13.0 Å². The summed E-state index contributed by atoms with van der Waals surface area (Å²) in [6.07, 6.45) is 1.05. The van der Waals surface area contributed by atoms with Gasteiger partial charge in [-0.2, -0.15) is 0 Å². The van der Waals surface area contributed by atoms with Crippen molar-refractivity contribution in [2.24, 2.45) is 0 Å². The Bertz CT molecular complexity index is 391. The number of aliphatic hydroxyl groups excluding tert-OH is 1. The number of nitrogens with zero attached hydrogens (tertiary/aromatic N) is 3. The average Bonchev–Trinajstić information content (AvgIpc) is 2.28. The fraction of sp³-hybridized carbons (Fsp3) is 0.500. The van der Waals surface area contributed by atoms with Crippen molar-refractivity contribution in [3.63, 3.8) is 0 Å². The lowest BCUT2D eigenvalue weighted by Crippen LogP contribution is -2.35. The Morgan fingerprint density at radius 1 is 1.47 bits per heavy atom. The van der Waals surface area contributed by atoms with Crippen LogP contribution in [0.1, 0.15) is 18.6 Å². The van der Waals surface area contributed by atoms with E-state index in [9.17, 15) is 9.90 Å². The Morgan fingerprint density at radius 3 is 2.65 bits per heavy atom. The molecule has 0 aliphatic carbocycles. The standard InChI is InChI=1S/C12H19N3O2/c1-9(16)10-6-5-7-13-12(10)15(4)8-11(17)14(2)3/h5-7,9,16H,8H2,1-4H3/t9-/m1/s1. The van der Waals surface area contributed by atoms with Gasteiger partial charge in [-0.3, -0.25) is 4.79 Å². The Hall–Kier alpha value is -1.62. The summed E-state index contributed by atoms with van der Waals surface area (Å²) in [6, 6.07) is 3.58. The van der Waals surface area contributed by atoms with Gasteiger partial charge in [0.2, 0.25) is 5.91 Å². The predicted octanol–water partition coefficient (Wildman–Crippen LogP) is 0.659. The van der Waals surface area contributed by atoms with E-state index in [2.05, 4.69) is 4.98 Å². The fourth-order valence-corrected chi connectivity index (χ4v) is 1.47. The average molecular weight is 237 g/mol. The molecule has 1 rings (SSSR count). The molecule has 1 aromatic rings. The number of aromatic nitrogens is 1. The molecule has 0 saturated heterocycles. The van der Waals surface area contributed by atoms with E-state index in [1.807, 2.05) is 6.07 Å². The van der Waals surface area contributed by atoms with Crippen LogP contribution in [0.5, 0.6) is 0 Å². The molecule has 1 aromatic heterocycles. The maximum absolute atomic E-state index is 11.6. The number of anilines is 1. The first kappa shape index (κ1) is 13.4. The minimum absolute atomic E-state index is 0.00491. The third-order valence-corrected chi connectivity index (χ3v) is 2.50. The zero-order valence-corrected chi connectivity index (χ0v) is 10.7. The van der Waals surface area contributed by atoms with E-state index >= 15 is 0 Å². The smallest absolute Gasteiger partial charge is 0.241 e. The second-order valence-corrected chi connectivity index (χ2v) is 4.24. The van der Waals surface area contributed by atoms with Gasteiger partial charge in [0, 0.05) is 32.9 Å². The molecule has 94 valence electrons. The summed E-state index contributed by atoms with van der Waals surface area (Å²) in [6.45, 7) is 1.92. The highest BCUT2D eigenvalue weighted by molar-refractivity contribution is 5.80. The molecule has 0 aromatic carbocycles. The molecule has 1 N–H and O–H groups in total. The van der Waals surface area contributed by atoms with Crippen molar-refractivity contribution in [3.05, 3.63) is 23.9 Å². The van der Waals surface area contributed by atoms with Crippen molar-refractivity contribution in [2.45, 2.75) is 13.0 Å². The first-order chi connectivity index (χ1) is 7.93. The first-order valence-electron chi connectivity index (χ1n) is 5.47. The van der Waals surface area contributed by atoms with E-state index in [1.54, 1.807) is 45.2 Å². The number of carbonyl (C=O) groups is 1. The molecule has 0 spiro atoms. The molecule has 0 unspecified atom stereocenters. The van der Waals surface area contributed by atoms with E-state index in [-0.39, 0.29) is 12.5 Å². The van der Waals surface area contributed by atoms with Crippen LogP contribution in [-0.4, -0.2) is 48.6 Å². The van der Waals surface area contributed by atoms with Gasteiger partial charge in [0.05, 0.1) is 12.6 Å². The Labute approximate surface area is 102 Å². The second-order valence-electron chi connectivity index (χ2n) is 4.24. The van der Waals surface area contributed by atoms with E-state index in [4.69, 9.17) is 0 Å². The summed E-state index contributed by atoms with van der Waals surface area (Å²) in [5, 5.41) is 9.63. The van der Waals surface area contributed by atoms with E-state index in [0.29, 0.717) is 5.82 Å². The minimum Gasteiger partial charge on any atom is -0.389 e. The van der Waals surface area contributed by atoms with Gasteiger partial charge in [0.15, 0.2) is 0 Å². The number of rotatable bonds is 4. The first-order valence-corrected chi connectivity index (χ1v) is 5.47. The molecule has 0 aliphatic heterocycles. The van der Waals surface area contributed by atoms with E-state index in [0.717, 1.165) is 5.56 Å². The molecule has 0 bridgehead atoms. The van der Waals surface area contributed by atoms with Crippen LogP contribution in [-0.2, 0) is 4.79 Å². The SMILES string of the molecule is C[C@@H](O)c1cccnc1N(C)CC(=O)N(C)C. The van der Waals surface area contributed by atoms with Crippen molar-refractivity contribution in [3.8, 4) is 0 Å². The summed E-state index contributed by atoms with van der Waals surface area (Å²) in [5.41, 5.74) is 0.724. The van der Waals surface area contributed by atoms with Crippen molar-refractivity contribution < 1.29 is 9.90 Å². The third-order valence-electron chi connectivity index (χ3n) is 2.50. The molecule has 0 radical (unpaired) electrons. The van der Waals surface area contributed by atoms with Gasteiger partial charge in [-0.1, -0.05) is 6.07 Å². The van der Waals surface area contributed by atoms with Crippen molar-refractivity contribution >= 4 is 11.7 Å². The van der Waals surface area contributed by atoms with Gasteiger partial charge < -0.3 is 14.9 Å². The lowest BCUT2D eigenvalue weighted by molar-refractivity contribution is -0.127. The highest BCUT2D eigenvalue weighted by Crippen LogP contribution is 2.22. The number of hydrogen-bond donors (Lipinski definition) is 1.